The van der Waals surface area contributed by atoms with E-state index >= 15 is 0 Å². The number of sulfonamides is 1. The Kier molecular flexibility index (Phi) is 6.75. The molecule has 7 heteroatoms. The second-order valence-electron chi connectivity index (χ2n) is 7.21. The fourth-order valence-corrected chi connectivity index (χ4v) is 5.36. The first kappa shape index (κ1) is 20.8. The van der Waals surface area contributed by atoms with Crippen LogP contribution in [-0.2, 0) is 20.2 Å². The molecule has 1 saturated carbocycles. The van der Waals surface area contributed by atoms with Crippen LogP contribution in [0.25, 0.3) is 0 Å². The van der Waals surface area contributed by atoms with Gasteiger partial charge in [-0.25, -0.2) is 13.1 Å². The van der Waals surface area contributed by atoms with E-state index < -0.39 is 10.0 Å². The quantitative estimate of drug-likeness (QED) is 0.684. The molecule has 0 heterocycles. The molecule has 0 spiro atoms. The van der Waals surface area contributed by atoms with Gasteiger partial charge >= 0.3 is 0 Å². The van der Waals surface area contributed by atoms with Crippen LogP contribution >= 0.6 is 11.6 Å². The number of hydrogen-bond donors (Lipinski definition) is 2. The smallest absolute Gasteiger partial charge is 0.242 e. The van der Waals surface area contributed by atoms with Gasteiger partial charge in [0, 0.05) is 24.9 Å². The van der Waals surface area contributed by atoms with Crippen molar-refractivity contribution in [1.29, 1.82) is 0 Å². The minimum Gasteiger partial charge on any atom is -0.355 e. The van der Waals surface area contributed by atoms with Crippen molar-refractivity contribution in [2.24, 2.45) is 0 Å². The zero-order chi connectivity index (χ0) is 20.0. The summed E-state index contributed by atoms with van der Waals surface area (Å²) in [6, 6.07) is 16.5. The summed E-state index contributed by atoms with van der Waals surface area (Å²) in [4.78, 5) is 12.3. The Morgan fingerprint density at radius 3 is 2.32 bits per heavy atom. The Morgan fingerprint density at radius 2 is 1.64 bits per heavy atom. The number of hydrogen-bond acceptors (Lipinski definition) is 3. The average molecular weight is 421 g/mol. The molecule has 2 aromatic rings. The lowest BCUT2D eigenvalue weighted by atomic mass is 9.79. The Hall–Kier alpha value is -1.89. The summed E-state index contributed by atoms with van der Waals surface area (Å²) >= 11 is 5.95. The van der Waals surface area contributed by atoms with Crippen molar-refractivity contribution < 1.29 is 13.2 Å². The van der Waals surface area contributed by atoms with Gasteiger partial charge in [-0.1, -0.05) is 66.9 Å². The van der Waals surface area contributed by atoms with E-state index in [0.29, 0.717) is 6.54 Å². The summed E-state index contributed by atoms with van der Waals surface area (Å²) in [5.41, 5.74) is 1.24. The highest BCUT2D eigenvalue weighted by atomic mass is 35.5. The number of benzene rings is 2. The van der Waals surface area contributed by atoms with Crippen LogP contribution < -0.4 is 10.0 Å². The Morgan fingerprint density at radius 1 is 1.00 bits per heavy atom. The lowest BCUT2D eigenvalue weighted by Crippen LogP contribution is -2.40. The van der Waals surface area contributed by atoms with Gasteiger partial charge in [0.15, 0.2) is 0 Å². The number of carbonyl (C=O) groups excluding carboxylic acids is 1. The molecular formula is C21H25ClN2O3S. The molecule has 0 bridgehead atoms. The van der Waals surface area contributed by atoms with Crippen molar-refractivity contribution in [1.82, 2.24) is 10.0 Å². The molecule has 1 aliphatic rings. The third-order valence-corrected chi connectivity index (χ3v) is 7.30. The molecule has 0 aliphatic heterocycles. The molecule has 0 unspecified atom stereocenters. The summed E-state index contributed by atoms with van der Waals surface area (Å²) in [6.45, 7) is 0.602. The molecule has 2 N–H and O–H groups in total. The Balaban J connectivity index is 1.53. The van der Waals surface area contributed by atoms with E-state index in [1.165, 1.54) is 17.7 Å². The van der Waals surface area contributed by atoms with Crippen LogP contribution in [0.3, 0.4) is 0 Å². The monoisotopic (exact) mass is 420 g/mol. The maximum absolute atomic E-state index is 12.3. The first-order valence-corrected chi connectivity index (χ1v) is 11.4. The van der Waals surface area contributed by atoms with Crippen molar-refractivity contribution in [3.05, 3.63) is 65.2 Å². The van der Waals surface area contributed by atoms with E-state index in [9.17, 15) is 13.2 Å². The van der Waals surface area contributed by atoms with Gasteiger partial charge in [-0.15, -0.1) is 0 Å². The lowest BCUT2D eigenvalue weighted by molar-refractivity contribution is -0.121. The van der Waals surface area contributed by atoms with E-state index in [2.05, 4.69) is 22.2 Å². The van der Waals surface area contributed by atoms with Gasteiger partial charge in [-0.2, -0.15) is 0 Å². The zero-order valence-corrected chi connectivity index (χ0v) is 17.2. The summed E-state index contributed by atoms with van der Waals surface area (Å²) < 4.78 is 27.1. The van der Waals surface area contributed by atoms with E-state index in [-0.39, 0.29) is 34.2 Å². The lowest BCUT2D eigenvalue weighted by Gasteiger charge is -2.30. The zero-order valence-electron chi connectivity index (χ0n) is 15.7. The van der Waals surface area contributed by atoms with Gasteiger partial charge in [0.2, 0.25) is 15.9 Å². The number of amides is 1. The van der Waals surface area contributed by atoms with Crippen molar-refractivity contribution in [2.45, 2.75) is 42.4 Å². The van der Waals surface area contributed by atoms with Crippen molar-refractivity contribution in [3.63, 3.8) is 0 Å². The van der Waals surface area contributed by atoms with Gasteiger partial charge in [0.25, 0.3) is 0 Å². The van der Waals surface area contributed by atoms with Crippen LogP contribution in [0.2, 0.25) is 5.02 Å². The first-order valence-electron chi connectivity index (χ1n) is 9.49. The predicted molar refractivity (Wildman–Crippen MR) is 111 cm³/mol. The van der Waals surface area contributed by atoms with Crippen molar-refractivity contribution in [3.8, 4) is 0 Å². The summed E-state index contributed by atoms with van der Waals surface area (Å²) in [7, 11) is -3.73. The Labute approximate surface area is 171 Å². The molecule has 1 fully saturated rings. The van der Waals surface area contributed by atoms with Gasteiger partial charge < -0.3 is 5.32 Å². The number of nitrogens with one attached hydrogen (secondary N) is 2. The molecule has 5 nitrogen and oxygen atoms in total. The van der Waals surface area contributed by atoms with Crippen LogP contribution in [0.5, 0.6) is 0 Å². The molecule has 0 atom stereocenters. The average Bonchev–Trinajstić information content (AvgIpc) is 3.17. The summed E-state index contributed by atoms with van der Waals surface area (Å²) in [5.74, 6) is -0.163. The first-order chi connectivity index (χ1) is 13.4. The largest absolute Gasteiger partial charge is 0.355 e. The van der Waals surface area contributed by atoms with Crippen molar-refractivity contribution in [2.75, 3.05) is 13.1 Å². The second-order valence-corrected chi connectivity index (χ2v) is 9.35. The maximum Gasteiger partial charge on any atom is 0.242 e. The maximum atomic E-state index is 12.3. The van der Waals surface area contributed by atoms with E-state index in [0.717, 1.165) is 25.7 Å². The number of halogens is 1. The van der Waals surface area contributed by atoms with Crippen LogP contribution in [0.4, 0.5) is 0 Å². The fraction of sp³-hybridized carbons (Fsp3) is 0.381. The van der Waals surface area contributed by atoms with Crippen molar-refractivity contribution >= 4 is 27.5 Å². The minimum absolute atomic E-state index is 0.0195. The molecule has 0 saturated heterocycles. The highest BCUT2D eigenvalue weighted by Gasteiger charge is 2.35. The second kappa shape index (κ2) is 9.07. The minimum atomic E-state index is -3.73. The van der Waals surface area contributed by atoms with Gasteiger partial charge in [-0.05, 0) is 30.5 Å². The number of carbonyl (C=O) groups is 1. The highest BCUT2D eigenvalue weighted by molar-refractivity contribution is 7.89. The normalized spacial score (nSPS) is 16.0. The molecule has 3 rings (SSSR count). The van der Waals surface area contributed by atoms with E-state index in [1.807, 2.05) is 18.2 Å². The predicted octanol–water partition coefficient (Wildman–Crippen LogP) is 3.64. The molecule has 1 amide bonds. The third kappa shape index (κ3) is 4.93. The molecule has 2 aromatic carbocycles. The molecule has 0 aromatic heterocycles. The van der Waals surface area contributed by atoms with Crippen LogP contribution in [0, 0.1) is 0 Å². The number of rotatable bonds is 8. The fourth-order valence-electron chi connectivity index (χ4n) is 3.81. The molecule has 0 radical (unpaired) electrons. The molecule has 1 aliphatic carbocycles. The molecule has 28 heavy (non-hydrogen) atoms. The van der Waals surface area contributed by atoms with E-state index in [1.54, 1.807) is 12.1 Å². The Bertz CT molecular complexity index is 910. The highest BCUT2D eigenvalue weighted by Crippen LogP contribution is 2.40. The SMILES string of the molecule is O=C(CCNS(=O)(=O)c1ccccc1Cl)NCC1(c2ccccc2)CCCC1. The standard InChI is InChI=1S/C21H25ClN2O3S/c22-18-10-4-5-11-19(18)28(26,27)24-15-12-20(25)23-16-21(13-6-7-14-21)17-8-2-1-3-9-17/h1-5,8-11,24H,6-7,12-16H2,(H,23,25). The van der Waals surface area contributed by atoms with Crippen LogP contribution in [0.15, 0.2) is 59.5 Å². The summed E-state index contributed by atoms with van der Waals surface area (Å²) in [6.07, 6.45) is 4.49. The summed E-state index contributed by atoms with van der Waals surface area (Å²) in [5, 5.41) is 3.16. The van der Waals surface area contributed by atoms with Gasteiger partial charge in [0.1, 0.15) is 4.90 Å². The van der Waals surface area contributed by atoms with E-state index in [4.69, 9.17) is 11.6 Å². The van der Waals surface area contributed by atoms with Crippen LogP contribution in [-0.4, -0.2) is 27.4 Å². The third-order valence-electron chi connectivity index (χ3n) is 5.34. The van der Waals surface area contributed by atoms with Gasteiger partial charge in [-0.3, -0.25) is 4.79 Å². The molecule has 150 valence electrons. The van der Waals surface area contributed by atoms with Crippen LogP contribution in [0.1, 0.15) is 37.7 Å². The topological polar surface area (TPSA) is 75.3 Å². The van der Waals surface area contributed by atoms with Gasteiger partial charge in [0.05, 0.1) is 5.02 Å². The molecular weight excluding hydrogens is 396 g/mol.